The molecule has 2 heterocycles. The average Bonchev–Trinajstić information content (AvgIpc) is 2.96. The average molecular weight is 401 g/mol. The van der Waals surface area contributed by atoms with E-state index in [2.05, 4.69) is 34.4 Å². The van der Waals surface area contributed by atoms with E-state index < -0.39 is 0 Å². The van der Waals surface area contributed by atoms with E-state index in [1.54, 1.807) is 48.9 Å². The third kappa shape index (κ3) is 4.64. The number of hydrogen-bond acceptors (Lipinski definition) is 6. The van der Waals surface area contributed by atoms with Gasteiger partial charge in [-0.3, -0.25) is 9.59 Å². The van der Waals surface area contributed by atoms with Crippen LogP contribution in [0.5, 0.6) is 0 Å². The Morgan fingerprint density at radius 2 is 1.67 bits per heavy atom. The third-order valence-corrected chi connectivity index (χ3v) is 6.15. The fourth-order valence-corrected chi connectivity index (χ4v) is 4.39. The van der Waals surface area contributed by atoms with Crippen LogP contribution >= 0.6 is 23.1 Å². The maximum atomic E-state index is 12.3. The normalized spacial score (nSPS) is 10.8. The molecule has 2 aromatic heterocycles. The van der Waals surface area contributed by atoms with E-state index >= 15 is 0 Å². The van der Waals surface area contributed by atoms with Crippen molar-refractivity contribution < 1.29 is 9.59 Å². The van der Waals surface area contributed by atoms with Gasteiger partial charge in [0.2, 0.25) is 11.8 Å². The van der Waals surface area contributed by atoms with Crippen molar-refractivity contribution in [2.45, 2.75) is 32.2 Å². The topological polar surface area (TPSA) is 84.0 Å². The molecule has 2 N–H and O–H groups in total. The first-order chi connectivity index (χ1) is 13.0. The minimum absolute atomic E-state index is 0.0432. The van der Waals surface area contributed by atoms with Crippen LogP contribution in [0, 0.1) is 13.8 Å². The summed E-state index contributed by atoms with van der Waals surface area (Å²) in [5.41, 5.74) is 2.56. The molecule has 6 nitrogen and oxygen atoms in total. The second-order valence-corrected chi connectivity index (χ2v) is 8.13. The maximum absolute atomic E-state index is 12.3. The second kappa shape index (κ2) is 8.49. The summed E-state index contributed by atoms with van der Waals surface area (Å²) >= 11 is 3.05. The Bertz CT molecular complexity index is 983. The highest BCUT2D eigenvalue weighted by Crippen LogP contribution is 2.34. The van der Waals surface area contributed by atoms with Crippen LogP contribution in [0.25, 0.3) is 10.2 Å². The minimum atomic E-state index is -0.110. The van der Waals surface area contributed by atoms with Crippen LogP contribution in [0.2, 0.25) is 0 Å². The zero-order chi connectivity index (χ0) is 19.4. The number of aryl methyl sites for hydroxylation is 2. The molecule has 0 aliphatic heterocycles. The largest absolute Gasteiger partial charge is 0.326 e. The lowest BCUT2D eigenvalue weighted by Crippen LogP contribution is -2.14. The molecule has 0 saturated heterocycles. The number of hydrogen-bond donors (Lipinski definition) is 2. The number of fused-ring (bicyclic) bond motifs is 1. The Morgan fingerprint density at radius 1 is 1.04 bits per heavy atom. The lowest BCUT2D eigenvalue weighted by atomic mass is 10.2. The fraction of sp³-hybridized carbons (Fsp3) is 0.263. The molecule has 1 aromatic carbocycles. The summed E-state index contributed by atoms with van der Waals surface area (Å²) in [5, 5.41) is 7.50. The summed E-state index contributed by atoms with van der Waals surface area (Å²) in [6.45, 7) is 5.92. The van der Waals surface area contributed by atoms with Crippen LogP contribution in [-0.2, 0) is 9.59 Å². The highest BCUT2D eigenvalue weighted by molar-refractivity contribution is 8.00. The van der Waals surface area contributed by atoms with Gasteiger partial charge in [0.25, 0.3) is 0 Å². The van der Waals surface area contributed by atoms with Gasteiger partial charge in [0.15, 0.2) is 0 Å². The van der Waals surface area contributed by atoms with Crippen LogP contribution in [0.15, 0.2) is 35.6 Å². The van der Waals surface area contributed by atoms with Crippen LogP contribution in [0.3, 0.4) is 0 Å². The molecule has 8 heteroatoms. The van der Waals surface area contributed by atoms with Crippen molar-refractivity contribution in [2.75, 3.05) is 16.4 Å². The molecule has 3 aromatic rings. The molecule has 3 rings (SSSR count). The first-order valence-electron chi connectivity index (χ1n) is 8.51. The number of rotatable bonds is 6. The van der Waals surface area contributed by atoms with Gasteiger partial charge in [-0.2, -0.15) is 0 Å². The Balaban J connectivity index is 1.61. The number of benzene rings is 1. The molecule has 2 amide bonds. The Morgan fingerprint density at radius 3 is 2.30 bits per heavy atom. The second-order valence-electron chi connectivity index (χ2n) is 5.96. The van der Waals surface area contributed by atoms with Gasteiger partial charge in [0, 0.05) is 28.1 Å². The number of amides is 2. The van der Waals surface area contributed by atoms with Gasteiger partial charge in [-0.15, -0.1) is 11.3 Å². The Kier molecular flexibility index (Phi) is 6.08. The van der Waals surface area contributed by atoms with Gasteiger partial charge in [-0.25, -0.2) is 9.97 Å². The predicted molar refractivity (Wildman–Crippen MR) is 112 cm³/mol. The summed E-state index contributed by atoms with van der Waals surface area (Å²) in [5.74, 6) is 0.106. The number of carbonyl (C=O) groups excluding carboxylic acids is 2. The number of carbonyl (C=O) groups is 2. The maximum Gasteiger partial charge on any atom is 0.234 e. The van der Waals surface area contributed by atoms with Gasteiger partial charge >= 0.3 is 0 Å². The lowest BCUT2D eigenvalue weighted by Gasteiger charge is -2.08. The number of nitrogens with zero attached hydrogens (tertiary/aromatic N) is 2. The quantitative estimate of drug-likeness (QED) is 0.474. The van der Waals surface area contributed by atoms with Gasteiger partial charge in [0.1, 0.15) is 16.2 Å². The molecule has 0 atom stereocenters. The number of anilines is 2. The van der Waals surface area contributed by atoms with Crippen molar-refractivity contribution in [1.29, 1.82) is 0 Å². The number of aromatic nitrogens is 2. The highest BCUT2D eigenvalue weighted by atomic mass is 32.2. The van der Waals surface area contributed by atoms with E-state index in [0.29, 0.717) is 17.8 Å². The zero-order valence-corrected chi connectivity index (χ0v) is 17.0. The summed E-state index contributed by atoms with van der Waals surface area (Å²) < 4.78 is 0. The van der Waals surface area contributed by atoms with Gasteiger partial charge < -0.3 is 10.6 Å². The van der Waals surface area contributed by atoms with Gasteiger partial charge in [0.05, 0.1) is 5.75 Å². The van der Waals surface area contributed by atoms with Crippen molar-refractivity contribution in [1.82, 2.24) is 9.97 Å². The van der Waals surface area contributed by atoms with E-state index in [-0.39, 0.29) is 17.6 Å². The molecule has 0 aliphatic rings. The first kappa shape index (κ1) is 19.3. The molecule has 140 valence electrons. The monoisotopic (exact) mass is 400 g/mol. The van der Waals surface area contributed by atoms with Crippen molar-refractivity contribution in [3.63, 3.8) is 0 Å². The van der Waals surface area contributed by atoms with E-state index in [4.69, 9.17) is 0 Å². The van der Waals surface area contributed by atoms with E-state index in [1.165, 1.54) is 22.2 Å². The van der Waals surface area contributed by atoms with E-state index in [9.17, 15) is 9.59 Å². The molecular formula is C19H20N4O2S2. The molecule has 0 unspecified atom stereocenters. The lowest BCUT2D eigenvalue weighted by molar-refractivity contribution is -0.116. The first-order valence-corrected chi connectivity index (χ1v) is 10.3. The number of thioether (sulfide) groups is 1. The molecule has 0 radical (unpaired) electrons. The number of thiophene rings is 1. The predicted octanol–water partition coefficient (Wildman–Crippen LogP) is 4.39. The fourth-order valence-electron chi connectivity index (χ4n) is 2.48. The summed E-state index contributed by atoms with van der Waals surface area (Å²) in [7, 11) is 0. The summed E-state index contributed by atoms with van der Waals surface area (Å²) in [4.78, 5) is 34.5. The van der Waals surface area contributed by atoms with Crippen molar-refractivity contribution in [3.8, 4) is 0 Å². The minimum Gasteiger partial charge on any atom is -0.326 e. The van der Waals surface area contributed by atoms with Crippen molar-refractivity contribution >= 4 is 56.5 Å². The molecule has 0 spiro atoms. The number of nitrogens with one attached hydrogen (secondary N) is 2. The molecule has 0 saturated carbocycles. The zero-order valence-electron chi connectivity index (χ0n) is 15.3. The van der Waals surface area contributed by atoms with Gasteiger partial charge in [-0.1, -0.05) is 18.7 Å². The summed E-state index contributed by atoms with van der Waals surface area (Å²) in [6.07, 6.45) is 1.97. The highest BCUT2D eigenvalue weighted by Gasteiger charge is 2.13. The molecule has 0 fully saturated rings. The van der Waals surface area contributed by atoms with Crippen molar-refractivity contribution in [3.05, 3.63) is 41.0 Å². The van der Waals surface area contributed by atoms with Crippen LogP contribution in [0.4, 0.5) is 11.4 Å². The molecule has 0 bridgehead atoms. The van der Waals surface area contributed by atoms with Crippen LogP contribution in [-0.4, -0.2) is 27.5 Å². The van der Waals surface area contributed by atoms with E-state index in [0.717, 1.165) is 15.2 Å². The SMILES string of the molecule is CCC(=O)Nc1ccc(NC(=O)CSc2ncnc3sc(C)c(C)c23)cc1. The molecular weight excluding hydrogens is 380 g/mol. The van der Waals surface area contributed by atoms with Crippen LogP contribution < -0.4 is 10.6 Å². The Labute approximate surface area is 165 Å². The van der Waals surface area contributed by atoms with E-state index in [1.807, 2.05) is 0 Å². The van der Waals surface area contributed by atoms with Crippen molar-refractivity contribution in [2.24, 2.45) is 0 Å². The summed E-state index contributed by atoms with van der Waals surface area (Å²) in [6, 6.07) is 7.07. The Hall–Kier alpha value is -2.45. The van der Waals surface area contributed by atoms with Gasteiger partial charge in [-0.05, 0) is 43.7 Å². The standard InChI is InChI=1S/C19H20N4O2S2/c1-4-15(24)22-13-5-7-14(8-6-13)23-16(25)9-26-18-17-11(2)12(3)27-19(17)21-10-20-18/h5-8,10H,4,9H2,1-3H3,(H,22,24)(H,23,25). The van der Waals surface area contributed by atoms with Crippen LogP contribution in [0.1, 0.15) is 23.8 Å². The third-order valence-electron chi connectivity index (χ3n) is 4.04. The smallest absolute Gasteiger partial charge is 0.234 e. The molecule has 27 heavy (non-hydrogen) atoms. The molecule has 0 aliphatic carbocycles.